The van der Waals surface area contributed by atoms with E-state index in [-0.39, 0.29) is 11.8 Å². The van der Waals surface area contributed by atoms with Gasteiger partial charge in [0.2, 0.25) is 5.89 Å². The molecule has 0 aliphatic heterocycles. The maximum Gasteiger partial charge on any atom is 0.323 e. The zero-order valence-electron chi connectivity index (χ0n) is 18.6. The van der Waals surface area contributed by atoms with Crippen LogP contribution in [0.2, 0.25) is 0 Å². The Hall–Kier alpha value is -4.92. The van der Waals surface area contributed by atoms with Gasteiger partial charge in [-0.2, -0.15) is 4.98 Å². The van der Waals surface area contributed by atoms with Gasteiger partial charge < -0.3 is 25.5 Å². The fourth-order valence-corrected chi connectivity index (χ4v) is 3.51. The summed E-state index contributed by atoms with van der Waals surface area (Å²) in [5.41, 5.74) is 4.19. The fraction of sp³-hybridized carbons (Fsp3) is 0.0769. The van der Waals surface area contributed by atoms with Crippen LogP contribution in [-0.2, 0) is 6.42 Å². The number of urea groups is 1. The van der Waals surface area contributed by atoms with Crippen LogP contribution in [0.25, 0.3) is 22.7 Å². The van der Waals surface area contributed by atoms with Gasteiger partial charge in [-0.05, 0) is 60.5 Å². The first kappa shape index (κ1) is 21.9. The third-order valence-corrected chi connectivity index (χ3v) is 5.26. The Kier molecular flexibility index (Phi) is 6.21. The molecule has 9 heteroatoms. The van der Waals surface area contributed by atoms with Crippen molar-refractivity contribution in [3.8, 4) is 17.2 Å². The lowest BCUT2D eigenvalue weighted by atomic mass is 10.1. The molecule has 9 nitrogen and oxygen atoms in total. The summed E-state index contributed by atoms with van der Waals surface area (Å²) in [6.45, 7) is 0.620. The summed E-state index contributed by atoms with van der Waals surface area (Å²) in [5.74, 6) is 1.16. The van der Waals surface area contributed by atoms with E-state index in [4.69, 9.17) is 4.42 Å². The van der Waals surface area contributed by atoms with E-state index < -0.39 is 0 Å². The second-order valence-corrected chi connectivity index (χ2v) is 7.76. The van der Waals surface area contributed by atoms with Gasteiger partial charge in [0, 0.05) is 23.5 Å². The topological polar surface area (TPSA) is 125 Å². The molecule has 0 saturated carbocycles. The Bertz CT molecular complexity index is 1430. The average molecular weight is 467 g/mol. The molecule has 0 aliphatic rings. The molecule has 5 rings (SSSR count). The number of hydrogen-bond donors (Lipinski definition) is 4. The molecule has 0 atom stereocenters. The molecule has 174 valence electrons. The van der Waals surface area contributed by atoms with Gasteiger partial charge >= 0.3 is 6.03 Å². The second-order valence-electron chi connectivity index (χ2n) is 7.76. The third kappa shape index (κ3) is 5.36. The number of aromatic nitrogens is 3. The van der Waals surface area contributed by atoms with E-state index in [2.05, 4.69) is 30.9 Å². The first-order chi connectivity index (χ1) is 17.1. The SMILES string of the molecule is O=C(Nc1ccccc1)Nc1ccc(CCNc2ncnc3oc(-c4ccc(O)cc4)nc23)cc1. The quantitative estimate of drug-likeness (QED) is 0.257. The highest BCUT2D eigenvalue weighted by molar-refractivity contribution is 5.99. The third-order valence-electron chi connectivity index (χ3n) is 5.26. The van der Waals surface area contributed by atoms with Crippen molar-refractivity contribution in [1.29, 1.82) is 0 Å². The van der Waals surface area contributed by atoms with Crippen molar-refractivity contribution >= 4 is 34.5 Å². The molecular weight excluding hydrogens is 444 g/mol. The van der Waals surface area contributed by atoms with Crippen LogP contribution in [0, 0.1) is 0 Å². The van der Waals surface area contributed by atoms with Gasteiger partial charge in [0.05, 0.1) is 0 Å². The van der Waals surface area contributed by atoms with E-state index in [1.807, 2.05) is 54.6 Å². The van der Waals surface area contributed by atoms with Gasteiger partial charge in [-0.15, -0.1) is 0 Å². The number of hydrogen-bond acceptors (Lipinski definition) is 7. The number of aromatic hydroxyl groups is 1. The standard InChI is InChI=1S/C26H22N6O3/c33-21-12-8-18(9-13-21)24-32-22-23(28-16-29-25(22)35-24)27-15-14-17-6-10-20(11-7-17)31-26(34)30-19-4-2-1-3-5-19/h1-13,16,33H,14-15H2,(H,27,28,29)(H2,30,31,34). The average Bonchev–Trinajstić information content (AvgIpc) is 3.31. The molecular formula is C26H22N6O3. The number of phenolic OH excluding ortho intramolecular Hbond substituents is 1. The number of rotatable bonds is 7. The molecule has 0 radical (unpaired) electrons. The van der Waals surface area contributed by atoms with Gasteiger partial charge in [-0.25, -0.2) is 14.8 Å². The van der Waals surface area contributed by atoms with Crippen molar-refractivity contribution in [2.75, 3.05) is 22.5 Å². The zero-order chi connectivity index (χ0) is 24.0. The molecule has 0 spiro atoms. The number of fused-ring (bicyclic) bond motifs is 1. The molecule has 4 N–H and O–H groups in total. The molecule has 0 aliphatic carbocycles. The number of benzene rings is 3. The monoisotopic (exact) mass is 466 g/mol. The van der Waals surface area contributed by atoms with Crippen LogP contribution in [0.4, 0.5) is 22.0 Å². The van der Waals surface area contributed by atoms with Crippen molar-refractivity contribution in [3.63, 3.8) is 0 Å². The lowest BCUT2D eigenvalue weighted by Gasteiger charge is -2.09. The Labute approximate surface area is 200 Å². The minimum absolute atomic E-state index is 0.172. The Morgan fingerprint density at radius 3 is 2.31 bits per heavy atom. The van der Waals surface area contributed by atoms with Crippen LogP contribution < -0.4 is 16.0 Å². The number of oxazole rings is 1. The molecule has 35 heavy (non-hydrogen) atoms. The van der Waals surface area contributed by atoms with E-state index in [0.29, 0.717) is 35.2 Å². The molecule has 2 amide bonds. The summed E-state index contributed by atoms with van der Waals surface area (Å²) in [6.07, 6.45) is 2.17. The highest BCUT2D eigenvalue weighted by Crippen LogP contribution is 2.27. The van der Waals surface area contributed by atoms with Crippen molar-refractivity contribution in [1.82, 2.24) is 15.0 Å². The van der Waals surface area contributed by atoms with Crippen LogP contribution >= 0.6 is 0 Å². The van der Waals surface area contributed by atoms with E-state index >= 15 is 0 Å². The normalized spacial score (nSPS) is 10.7. The number of carbonyl (C=O) groups is 1. The summed E-state index contributed by atoms with van der Waals surface area (Å²) in [4.78, 5) is 25.1. The van der Waals surface area contributed by atoms with Crippen LogP contribution in [0.5, 0.6) is 5.75 Å². The first-order valence-electron chi connectivity index (χ1n) is 11.0. The smallest absolute Gasteiger partial charge is 0.323 e. The van der Waals surface area contributed by atoms with E-state index in [1.165, 1.54) is 6.33 Å². The van der Waals surface area contributed by atoms with E-state index in [1.54, 1.807) is 24.3 Å². The zero-order valence-corrected chi connectivity index (χ0v) is 18.6. The highest BCUT2D eigenvalue weighted by atomic mass is 16.4. The van der Waals surface area contributed by atoms with Crippen molar-refractivity contribution in [2.45, 2.75) is 6.42 Å². The van der Waals surface area contributed by atoms with Crippen molar-refractivity contribution in [3.05, 3.63) is 90.8 Å². The Balaban J connectivity index is 1.18. The molecule has 0 bridgehead atoms. The van der Waals surface area contributed by atoms with Crippen LogP contribution in [0.3, 0.4) is 0 Å². The lowest BCUT2D eigenvalue weighted by molar-refractivity contribution is 0.262. The fourth-order valence-electron chi connectivity index (χ4n) is 3.51. The van der Waals surface area contributed by atoms with E-state index in [9.17, 15) is 9.90 Å². The Morgan fingerprint density at radius 1 is 0.857 bits per heavy atom. The van der Waals surface area contributed by atoms with Crippen molar-refractivity contribution in [2.24, 2.45) is 0 Å². The molecule has 3 aromatic carbocycles. The van der Waals surface area contributed by atoms with Gasteiger partial charge in [-0.1, -0.05) is 30.3 Å². The summed E-state index contributed by atoms with van der Waals surface area (Å²) in [7, 11) is 0. The van der Waals surface area contributed by atoms with Crippen molar-refractivity contribution < 1.29 is 14.3 Å². The van der Waals surface area contributed by atoms with Gasteiger partial charge in [-0.3, -0.25) is 0 Å². The Morgan fingerprint density at radius 2 is 1.57 bits per heavy atom. The largest absolute Gasteiger partial charge is 0.508 e. The minimum atomic E-state index is -0.294. The maximum atomic E-state index is 12.1. The molecule has 0 unspecified atom stereocenters. The van der Waals surface area contributed by atoms with Crippen LogP contribution in [-0.4, -0.2) is 32.6 Å². The number of nitrogens with zero attached hydrogens (tertiary/aromatic N) is 3. The van der Waals surface area contributed by atoms with Gasteiger partial charge in [0.1, 0.15) is 12.1 Å². The predicted molar refractivity (Wildman–Crippen MR) is 134 cm³/mol. The number of carbonyl (C=O) groups excluding carboxylic acids is 1. The first-order valence-corrected chi connectivity index (χ1v) is 11.0. The lowest BCUT2D eigenvalue weighted by Crippen LogP contribution is -2.19. The summed E-state index contributed by atoms with van der Waals surface area (Å²) >= 11 is 0. The second kappa shape index (κ2) is 9.92. The summed E-state index contributed by atoms with van der Waals surface area (Å²) in [5, 5.41) is 18.4. The maximum absolute atomic E-state index is 12.1. The number of anilines is 3. The number of nitrogens with one attached hydrogen (secondary N) is 3. The molecule has 5 aromatic rings. The van der Waals surface area contributed by atoms with Crippen LogP contribution in [0.15, 0.2) is 89.6 Å². The summed E-state index contributed by atoms with van der Waals surface area (Å²) in [6, 6.07) is 23.2. The number of amides is 2. The molecule has 0 fully saturated rings. The highest BCUT2D eigenvalue weighted by Gasteiger charge is 2.13. The number of phenols is 1. The number of para-hydroxylation sites is 1. The van der Waals surface area contributed by atoms with Gasteiger partial charge in [0.15, 0.2) is 11.3 Å². The minimum Gasteiger partial charge on any atom is -0.508 e. The molecule has 2 aromatic heterocycles. The van der Waals surface area contributed by atoms with Gasteiger partial charge in [0.25, 0.3) is 5.71 Å². The molecule has 2 heterocycles. The van der Waals surface area contributed by atoms with Crippen LogP contribution in [0.1, 0.15) is 5.56 Å². The molecule has 0 saturated heterocycles. The van der Waals surface area contributed by atoms with E-state index in [0.717, 1.165) is 23.2 Å². The predicted octanol–water partition coefficient (Wildman–Crippen LogP) is 5.29. The summed E-state index contributed by atoms with van der Waals surface area (Å²) < 4.78 is 5.76.